The molecule has 2 nitrogen and oxygen atoms in total. The van der Waals surface area contributed by atoms with E-state index < -0.39 is 0 Å². The molecule has 1 unspecified atom stereocenters. The molecular formula is C15H23FN2. The van der Waals surface area contributed by atoms with E-state index in [9.17, 15) is 4.39 Å². The van der Waals surface area contributed by atoms with E-state index >= 15 is 0 Å². The van der Waals surface area contributed by atoms with Gasteiger partial charge in [0.05, 0.1) is 0 Å². The predicted octanol–water partition coefficient (Wildman–Crippen LogP) is 2.87. The van der Waals surface area contributed by atoms with Gasteiger partial charge in [0, 0.05) is 19.1 Å². The number of rotatable bonds is 6. The fraction of sp³-hybridized carbons (Fsp3) is 0.600. The van der Waals surface area contributed by atoms with Gasteiger partial charge in [0.1, 0.15) is 5.82 Å². The third-order valence-electron chi connectivity index (χ3n) is 3.86. The monoisotopic (exact) mass is 250 g/mol. The second kappa shape index (κ2) is 5.81. The molecule has 1 aromatic rings. The molecule has 1 aliphatic carbocycles. The van der Waals surface area contributed by atoms with Crippen LogP contribution in [0.1, 0.15) is 36.9 Å². The first-order valence-electron chi connectivity index (χ1n) is 6.85. The van der Waals surface area contributed by atoms with Crippen LogP contribution >= 0.6 is 0 Å². The Bertz CT molecular complexity index is 401. The van der Waals surface area contributed by atoms with Crippen molar-refractivity contribution in [3.05, 3.63) is 35.1 Å². The average molecular weight is 250 g/mol. The van der Waals surface area contributed by atoms with Gasteiger partial charge in [-0.1, -0.05) is 13.0 Å². The van der Waals surface area contributed by atoms with Gasteiger partial charge in [0.15, 0.2) is 0 Å². The minimum Gasteiger partial charge on any atom is -0.329 e. The number of hydrogen-bond donors (Lipinski definition) is 1. The largest absolute Gasteiger partial charge is 0.329 e. The van der Waals surface area contributed by atoms with Gasteiger partial charge < -0.3 is 5.73 Å². The van der Waals surface area contributed by atoms with Crippen LogP contribution in [0.25, 0.3) is 0 Å². The summed E-state index contributed by atoms with van der Waals surface area (Å²) in [7, 11) is 0. The predicted molar refractivity (Wildman–Crippen MR) is 72.9 cm³/mol. The zero-order valence-electron chi connectivity index (χ0n) is 11.3. The number of halogens is 1. The molecule has 0 radical (unpaired) electrons. The molecule has 0 aliphatic heterocycles. The highest BCUT2D eigenvalue weighted by Crippen LogP contribution is 2.33. The Morgan fingerprint density at radius 2 is 2.17 bits per heavy atom. The van der Waals surface area contributed by atoms with Crippen molar-refractivity contribution in [2.45, 2.75) is 32.7 Å². The Morgan fingerprint density at radius 3 is 2.72 bits per heavy atom. The van der Waals surface area contributed by atoms with Crippen molar-refractivity contribution in [1.29, 1.82) is 0 Å². The van der Waals surface area contributed by atoms with Gasteiger partial charge in [-0.3, -0.25) is 4.90 Å². The van der Waals surface area contributed by atoms with E-state index in [4.69, 9.17) is 5.73 Å². The molecule has 0 spiro atoms. The van der Waals surface area contributed by atoms with Gasteiger partial charge in [-0.25, -0.2) is 4.39 Å². The molecule has 1 aromatic carbocycles. The van der Waals surface area contributed by atoms with E-state index in [1.165, 1.54) is 18.9 Å². The number of benzene rings is 1. The van der Waals surface area contributed by atoms with E-state index in [-0.39, 0.29) is 11.9 Å². The first kappa shape index (κ1) is 13.5. The van der Waals surface area contributed by atoms with Crippen LogP contribution in [0, 0.1) is 18.7 Å². The van der Waals surface area contributed by atoms with Crippen LogP contribution in [0.4, 0.5) is 4.39 Å². The molecule has 2 rings (SSSR count). The van der Waals surface area contributed by atoms with Crippen molar-refractivity contribution in [2.24, 2.45) is 11.7 Å². The maximum absolute atomic E-state index is 13.4. The number of hydrogen-bond acceptors (Lipinski definition) is 2. The van der Waals surface area contributed by atoms with E-state index in [1.54, 1.807) is 6.07 Å². The van der Waals surface area contributed by atoms with E-state index in [0.29, 0.717) is 6.54 Å². The Hall–Kier alpha value is -0.930. The summed E-state index contributed by atoms with van der Waals surface area (Å²) in [5.41, 5.74) is 8.10. The number of nitrogens with two attached hydrogens (primary N) is 1. The minimum atomic E-state index is -0.170. The normalized spacial score (nSPS) is 17.2. The molecular weight excluding hydrogens is 227 g/mol. The Kier molecular flexibility index (Phi) is 4.36. The summed E-state index contributed by atoms with van der Waals surface area (Å²) in [6, 6.07) is 5.15. The zero-order valence-corrected chi connectivity index (χ0v) is 11.3. The SMILES string of the molecule is CCN(CC1CC1)C(CN)c1cc(F)ccc1C. The third-order valence-corrected chi connectivity index (χ3v) is 3.86. The maximum atomic E-state index is 13.4. The molecule has 0 heterocycles. The first-order chi connectivity index (χ1) is 8.65. The van der Waals surface area contributed by atoms with Crippen LogP contribution < -0.4 is 5.73 Å². The molecule has 2 N–H and O–H groups in total. The molecule has 100 valence electrons. The second-order valence-electron chi connectivity index (χ2n) is 5.28. The summed E-state index contributed by atoms with van der Waals surface area (Å²) in [4.78, 5) is 2.39. The second-order valence-corrected chi connectivity index (χ2v) is 5.28. The van der Waals surface area contributed by atoms with Crippen molar-refractivity contribution >= 4 is 0 Å². The topological polar surface area (TPSA) is 29.3 Å². The summed E-state index contributed by atoms with van der Waals surface area (Å²) in [6.45, 7) is 6.79. The van der Waals surface area contributed by atoms with Crippen LogP contribution in [-0.4, -0.2) is 24.5 Å². The molecule has 1 fully saturated rings. The zero-order chi connectivity index (χ0) is 13.1. The van der Waals surface area contributed by atoms with Crippen LogP contribution in [0.15, 0.2) is 18.2 Å². The maximum Gasteiger partial charge on any atom is 0.123 e. The lowest BCUT2D eigenvalue weighted by Gasteiger charge is -2.31. The third kappa shape index (κ3) is 3.09. The summed E-state index contributed by atoms with van der Waals surface area (Å²) < 4.78 is 13.4. The molecule has 0 amide bonds. The highest BCUT2D eigenvalue weighted by atomic mass is 19.1. The quantitative estimate of drug-likeness (QED) is 0.841. The van der Waals surface area contributed by atoms with Gasteiger partial charge in [0.25, 0.3) is 0 Å². The van der Waals surface area contributed by atoms with Crippen molar-refractivity contribution in [3.63, 3.8) is 0 Å². The van der Waals surface area contributed by atoms with Crippen molar-refractivity contribution in [2.75, 3.05) is 19.6 Å². The number of aryl methyl sites for hydroxylation is 1. The molecule has 18 heavy (non-hydrogen) atoms. The van der Waals surface area contributed by atoms with Gasteiger partial charge in [-0.2, -0.15) is 0 Å². The molecule has 0 saturated heterocycles. The first-order valence-corrected chi connectivity index (χ1v) is 6.85. The van der Waals surface area contributed by atoms with Gasteiger partial charge in [-0.05, 0) is 55.5 Å². The molecule has 0 bridgehead atoms. The molecule has 1 saturated carbocycles. The lowest BCUT2D eigenvalue weighted by Crippen LogP contribution is -2.35. The van der Waals surface area contributed by atoms with E-state index in [1.807, 2.05) is 13.0 Å². The lowest BCUT2D eigenvalue weighted by molar-refractivity contribution is 0.202. The highest BCUT2D eigenvalue weighted by Gasteiger charge is 2.28. The van der Waals surface area contributed by atoms with E-state index in [0.717, 1.165) is 30.1 Å². The summed E-state index contributed by atoms with van der Waals surface area (Å²) in [5, 5.41) is 0. The fourth-order valence-corrected chi connectivity index (χ4v) is 2.55. The minimum absolute atomic E-state index is 0.145. The van der Waals surface area contributed by atoms with Crippen LogP contribution in [0.3, 0.4) is 0 Å². The van der Waals surface area contributed by atoms with Gasteiger partial charge in [-0.15, -0.1) is 0 Å². The summed E-state index contributed by atoms with van der Waals surface area (Å²) in [6.07, 6.45) is 2.66. The number of likely N-dealkylation sites (N-methyl/N-ethyl adjacent to an activating group) is 1. The molecule has 0 aromatic heterocycles. The van der Waals surface area contributed by atoms with Crippen molar-refractivity contribution in [1.82, 2.24) is 4.90 Å². The Labute approximate surface area is 109 Å². The highest BCUT2D eigenvalue weighted by molar-refractivity contribution is 5.30. The summed E-state index contributed by atoms with van der Waals surface area (Å²) in [5.74, 6) is 0.657. The molecule has 1 atom stereocenters. The smallest absolute Gasteiger partial charge is 0.123 e. The van der Waals surface area contributed by atoms with Gasteiger partial charge >= 0.3 is 0 Å². The molecule has 3 heteroatoms. The standard InChI is InChI=1S/C15H23FN2/c1-3-18(10-12-5-6-12)15(9-17)14-8-13(16)7-4-11(14)2/h4,7-8,12,15H,3,5-6,9-10,17H2,1-2H3. The number of nitrogens with zero attached hydrogens (tertiary/aromatic N) is 1. The van der Waals surface area contributed by atoms with Crippen LogP contribution in [0.2, 0.25) is 0 Å². The van der Waals surface area contributed by atoms with Gasteiger partial charge in [0.2, 0.25) is 0 Å². The molecule has 1 aliphatic rings. The van der Waals surface area contributed by atoms with Crippen LogP contribution in [0.5, 0.6) is 0 Å². The van der Waals surface area contributed by atoms with Crippen molar-refractivity contribution in [3.8, 4) is 0 Å². The van der Waals surface area contributed by atoms with Crippen LogP contribution in [-0.2, 0) is 0 Å². The lowest BCUT2D eigenvalue weighted by atomic mass is 9.99. The van der Waals surface area contributed by atoms with E-state index in [2.05, 4.69) is 11.8 Å². The Balaban J connectivity index is 2.21. The van der Waals surface area contributed by atoms with Crippen molar-refractivity contribution < 1.29 is 4.39 Å². The Morgan fingerprint density at radius 1 is 1.44 bits per heavy atom. The average Bonchev–Trinajstić information content (AvgIpc) is 3.17. The fourth-order valence-electron chi connectivity index (χ4n) is 2.55. The summed E-state index contributed by atoms with van der Waals surface area (Å²) >= 11 is 0.